The molecule has 4 aromatic rings. The summed E-state index contributed by atoms with van der Waals surface area (Å²) in [6.07, 6.45) is 2.98. The largest absolute Gasteiger partial charge is 0.480 e. The van der Waals surface area contributed by atoms with Crippen molar-refractivity contribution in [3.8, 4) is 17.1 Å². The lowest BCUT2D eigenvalue weighted by molar-refractivity contribution is 0.400. The van der Waals surface area contributed by atoms with Gasteiger partial charge >= 0.3 is 0 Å². The van der Waals surface area contributed by atoms with E-state index in [-0.39, 0.29) is 16.5 Å². The number of hydrogen-bond acceptors (Lipinski definition) is 7. The van der Waals surface area contributed by atoms with Crippen molar-refractivity contribution in [1.82, 2.24) is 19.6 Å². The quantitative estimate of drug-likeness (QED) is 0.513. The van der Waals surface area contributed by atoms with Gasteiger partial charge in [0.2, 0.25) is 5.88 Å². The Kier molecular flexibility index (Phi) is 4.51. The number of halogens is 1. The molecule has 0 bridgehead atoms. The average molecular weight is 414 g/mol. The van der Waals surface area contributed by atoms with Crippen LogP contribution in [0, 0.1) is 5.82 Å². The Morgan fingerprint density at radius 1 is 1.10 bits per heavy atom. The highest BCUT2D eigenvalue weighted by Gasteiger charge is 2.18. The van der Waals surface area contributed by atoms with Crippen LogP contribution in [0.2, 0.25) is 0 Å². The van der Waals surface area contributed by atoms with Gasteiger partial charge in [0.25, 0.3) is 10.0 Å². The number of nitrogen functional groups attached to an aromatic ring is 1. The van der Waals surface area contributed by atoms with Crippen molar-refractivity contribution in [3.05, 3.63) is 60.7 Å². The van der Waals surface area contributed by atoms with Crippen molar-refractivity contribution >= 4 is 27.2 Å². The van der Waals surface area contributed by atoms with E-state index in [1.807, 2.05) is 0 Å². The monoisotopic (exact) mass is 414 g/mol. The zero-order valence-electron chi connectivity index (χ0n) is 15.1. The molecular weight excluding hydrogens is 399 g/mol. The van der Waals surface area contributed by atoms with Crippen molar-refractivity contribution in [2.45, 2.75) is 4.90 Å². The molecule has 0 fully saturated rings. The molecule has 0 aliphatic heterocycles. The highest BCUT2D eigenvalue weighted by atomic mass is 32.2. The molecule has 3 heterocycles. The SMILES string of the molecule is COc1ncc(-c2ccc3ncc(N)n3n2)cc1NS(=O)(=O)c1ccc(F)cc1. The second-order valence-electron chi connectivity index (χ2n) is 6.01. The van der Waals surface area contributed by atoms with Crippen LogP contribution in [0.5, 0.6) is 5.88 Å². The number of sulfonamides is 1. The van der Waals surface area contributed by atoms with E-state index in [0.29, 0.717) is 22.7 Å². The van der Waals surface area contributed by atoms with Crippen LogP contribution in [-0.2, 0) is 10.0 Å². The smallest absolute Gasteiger partial charge is 0.262 e. The molecule has 0 saturated heterocycles. The van der Waals surface area contributed by atoms with E-state index in [1.54, 1.807) is 12.1 Å². The normalized spacial score (nSPS) is 11.5. The summed E-state index contributed by atoms with van der Waals surface area (Å²) < 4.78 is 47.5. The molecule has 0 radical (unpaired) electrons. The molecule has 11 heteroatoms. The summed E-state index contributed by atoms with van der Waals surface area (Å²) in [4.78, 5) is 8.16. The molecule has 0 amide bonds. The van der Waals surface area contributed by atoms with Crippen molar-refractivity contribution in [3.63, 3.8) is 0 Å². The topological polar surface area (TPSA) is 124 Å². The van der Waals surface area contributed by atoms with Gasteiger partial charge in [0.1, 0.15) is 17.3 Å². The maximum Gasteiger partial charge on any atom is 0.262 e. The third-order valence-corrected chi connectivity index (χ3v) is 5.48. The number of hydrogen-bond donors (Lipinski definition) is 2. The molecule has 29 heavy (non-hydrogen) atoms. The van der Waals surface area contributed by atoms with Gasteiger partial charge in [0.15, 0.2) is 5.65 Å². The van der Waals surface area contributed by atoms with Gasteiger partial charge in [0.05, 0.1) is 23.9 Å². The third kappa shape index (κ3) is 3.55. The highest BCUT2D eigenvalue weighted by molar-refractivity contribution is 7.92. The summed E-state index contributed by atoms with van der Waals surface area (Å²) in [7, 11) is -2.62. The lowest BCUT2D eigenvalue weighted by Gasteiger charge is -2.12. The van der Waals surface area contributed by atoms with Gasteiger partial charge in [0, 0.05) is 11.8 Å². The van der Waals surface area contributed by atoms with Gasteiger partial charge in [-0.25, -0.2) is 22.8 Å². The van der Waals surface area contributed by atoms with Crippen LogP contribution in [0.4, 0.5) is 15.9 Å². The number of aromatic nitrogens is 4. The Bertz CT molecular complexity index is 1310. The molecular formula is C18H15FN6O3S. The minimum absolute atomic E-state index is 0.0719. The average Bonchev–Trinajstić information content (AvgIpc) is 3.08. The van der Waals surface area contributed by atoms with Gasteiger partial charge in [-0.1, -0.05) is 0 Å². The standard InChI is InChI=1S/C18H15FN6O3S/c1-28-18-15(24-29(26,27)13-4-2-12(19)3-5-13)8-11(9-22-18)14-6-7-17-21-10-16(20)25(17)23-14/h2-10,24H,20H2,1H3. The number of benzene rings is 1. The number of anilines is 2. The summed E-state index contributed by atoms with van der Waals surface area (Å²) in [6, 6.07) is 9.44. The number of imidazole rings is 1. The zero-order chi connectivity index (χ0) is 20.6. The fraction of sp³-hybridized carbons (Fsp3) is 0.0556. The predicted molar refractivity (Wildman–Crippen MR) is 104 cm³/mol. The number of rotatable bonds is 5. The molecule has 4 rings (SSSR count). The highest BCUT2D eigenvalue weighted by Crippen LogP contribution is 2.29. The minimum Gasteiger partial charge on any atom is -0.480 e. The van der Waals surface area contributed by atoms with Crippen molar-refractivity contribution in [2.24, 2.45) is 0 Å². The van der Waals surface area contributed by atoms with Crippen LogP contribution in [0.25, 0.3) is 16.9 Å². The lowest BCUT2D eigenvalue weighted by Crippen LogP contribution is -2.14. The predicted octanol–water partition coefficient (Wildman–Crippen LogP) is 2.32. The maximum absolute atomic E-state index is 13.1. The Labute approximate surface area is 165 Å². The van der Waals surface area contributed by atoms with Crippen LogP contribution in [0.1, 0.15) is 0 Å². The molecule has 0 aliphatic rings. The summed E-state index contributed by atoms with van der Waals surface area (Å²) in [5.41, 5.74) is 7.55. The van der Waals surface area contributed by atoms with E-state index in [4.69, 9.17) is 10.5 Å². The molecule has 9 nitrogen and oxygen atoms in total. The van der Waals surface area contributed by atoms with Gasteiger partial charge in [-0.3, -0.25) is 4.72 Å². The number of nitrogens with one attached hydrogen (secondary N) is 1. The van der Waals surface area contributed by atoms with E-state index in [9.17, 15) is 12.8 Å². The molecule has 0 atom stereocenters. The van der Waals surface area contributed by atoms with E-state index in [1.165, 1.54) is 42.2 Å². The zero-order valence-corrected chi connectivity index (χ0v) is 15.9. The number of methoxy groups -OCH3 is 1. The van der Waals surface area contributed by atoms with Gasteiger partial charge in [-0.05, 0) is 42.5 Å². The van der Waals surface area contributed by atoms with Gasteiger partial charge in [-0.15, -0.1) is 0 Å². The first kappa shape index (κ1) is 18.6. The fourth-order valence-corrected chi connectivity index (χ4v) is 3.74. The van der Waals surface area contributed by atoms with Gasteiger partial charge < -0.3 is 10.5 Å². The summed E-state index contributed by atoms with van der Waals surface area (Å²) in [5.74, 6) is -0.103. The van der Waals surface area contributed by atoms with Crippen LogP contribution in [0.3, 0.4) is 0 Å². The van der Waals surface area contributed by atoms with E-state index < -0.39 is 15.8 Å². The number of fused-ring (bicyclic) bond motifs is 1. The molecule has 1 aromatic carbocycles. The molecule has 0 aliphatic carbocycles. The first-order valence-electron chi connectivity index (χ1n) is 8.30. The molecule has 148 valence electrons. The molecule has 3 N–H and O–H groups in total. The minimum atomic E-state index is -3.99. The van der Waals surface area contributed by atoms with E-state index in [2.05, 4.69) is 19.8 Å². The van der Waals surface area contributed by atoms with Crippen molar-refractivity contribution < 1.29 is 17.5 Å². The maximum atomic E-state index is 13.1. The number of nitrogens with zero attached hydrogens (tertiary/aromatic N) is 4. The Morgan fingerprint density at radius 2 is 1.86 bits per heavy atom. The molecule has 3 aromatic heterocycles. The Morgan fingerprint density at radius 3 is 2.59 bits per heavy atom. The fourth-order valence-electron chi connectivity index (χ4n) is 2.69. The Hall–Kier alpha value is -3.73. The van der Waals surface area contributed by atoms with Crippen LogP contribution < -0.4 is 15.2 Å². The first-order valence-corrected chi connectivity index (χ1v) is 9.79. The first-order chi connectivity index (χ1) is 13.9. The Balaban J connectivity index is 1.74. The van der Waals surface area contributed by atoms with Crippen LogP contribution in [0.15, 0.2) is 59.8 Å². The summed E-state index contributed by atoms with van der Waals surface area (Å²) in [5, 5.41) is 4.40. The van der Waals surface area contributed by atoms with Crippen molar-refractivity contribution in [2.75, 3.05) is 17.6 Å². The van der Waals surface area contributed by atoms with E-state index >= 15 is 0 Å². The van der Waals surface area contributed by atoms with Crippen LogP contribution >= 0.6 is 0 Å². The van der Waals surface area contributed by atoms with Crippen LogP contribution in [-0.4, -0.2) is 35.1 Å². The summed E-state index contributed by atoms with van der Waals surface area (Å²) >= 11 is 0. The lowest BCUT2D eigenvalue weighted by atomic mass is 10.2. The van der Waals surface area contributed by atoms with Gasteiger partial charge in [-0.2, -0.15) is 9.61 Å². The number of nitrogens with two attached hydrogens (primary N) is 1. The second-order valence-corrected chi connectivity index (χ2v) is 7.69. The molecule has 0 unspecified atom stereocenters. The second kappa shape index (κ2) is 7.02. The number of pyridine rings is 1. The van der Waals surface area contributed by atoms with E-state index in [0.717, 1.165) is 12.1 Å². The third-order valence-electron chi connectivity index (χ3n) is 4.10. The molecule has 0 saturated carbocycles. The number of ether oxygens (including phenoxy) is 1. The summed E-state index contributed by atoms with van der Waals surface area (Å²) in [6.45, 7) is 0. The molecule has 0 spiro atoms. The van der Waals surface area contributed by atoms with Crippen molar-refractivity contribution in [1.29, 1.82) is 0 Å².